The molecule has 0 aliphatic heterocycles. The predicted octanol–water partition coefficient (Wildman–Crippen LogP) is 3.28. The number of hydrogen-bond acceptors (Lipinski definition) is 4. The van der Waals surface area contributed by atoms with E-state index in [9.17, 15) is 9.18 Å². The average molecular weight is 349 g/mol. The van der Waals surface area contributed by atoms with Crippen LogP contribution in [0.15, 0.2) is 24.3 Å². The zero-order chi connectivity index (χ0) is 17.7. The number of hydrogen-bond donors (Lipinski definition) is 2. The lowest BCUT2D eigenvalue weighted by molar-refractivity contribution is 0.0937. The van der Waals surface area contributed by atoms with Crippen LogP contribution in [0.2, 0.25) is 0 Å². The number of aromatic nitrogens is 1. The second kappa shape index (κ2) is 8.35. The van der Waals surface area contributed by atoms with Crippen LogP contribution in [0.5, 0.6) is 0 Å². The third-order valence-corrected chi connectivity index (χ3v) is 4.85. The van der Waals surface area contributed by atoms with Crippen LogP contribution in [0.4, 0.5) is 4.39 Å². The zero-order valence-corrected chi connectivity index (χ0v) is 15.1. The first kappa shape index (κ1) is 18.5. The van der Waals surface area contributed by atoms with E-state index in [1.165, 1.54) is 23.5 Å². The van der Waals surface area contributed by atoms with E-state index in [1.54, 1.807) is 12.1 Å². The monoisotopic (exact) mass is 349 g/mol. The number of thiazole rings is 1. The Morgan fingerprint density at radius 3 is 2.58 bits per heavy atom. The fourth-order valence-electron chi connectivity index (χ4n) is 2.55. The van der Waals surface area contributed by atoms with Gasteiger partial charge in [0.1, 0.15) is 10.7 Å². The number of nitrogens with one attached hydrogen (secondary N) is 1. The van der Waals surface area contributed by atoms with Gasteiger partial charge in [-0.15, -0.1) is 11.3 Å². The lowest BCUT2D eigenvalue weighted by Gasteiger charge is -2.18. The molecule has 0 saturated carbocycles. The molecule has 0 saturated heterocycles. The van der Waals surface area contributed by atoms with Crippen molar-refractivity contribution in [2.45, 2.75) is 39.7 Å². The van der Waals surface area contributed by atoms with E-state index >= 15 is 0 Å². The summed E-state index contributed by atoms with van der Waals surface area (Å²) in [6, 6.07) is 6.31. The number of aryl methyl sites for hydroxylation is 1. The van der Waals surface area contributed by atoms with Crippen molar-refractivity contribution in [3.63, 3.8) is 0 Å². The predicted molar refractivity (Wildman–Crippen MR) is 95.8 cm³/mol. The number of benzene rings is 1. The first-order valence-corrected chi connectivity index (χ1v) is 8.92. The number of amides is 1. The molecule has 2 rings (SSSR count). The maximum absolute atomic E-state index is 13.0. The van der Waals surface area contributed by atoms with Gasteiger partial charge in [0.05, 0.1) is 10.7 Å². The van der Waals surface area contributed by atoms with Crippen molar-refractivity contribution in [1.82, 2.24) is 10.3 Å². The number of nitrogens with two attached hydrogens (primary N) is 1. The van der Waals surface area contributed by atoms with Crippen LogP contribution in [0.1, 0.15) is 46.2 Å². The molecule has 130 valence electrons. The normalized spacial score (nSPS) is 12.4. The fourth-order valence-corrected chi connectivity index (χ4v) is 3.55. The topological polar surface area (TPSA) is 68.0 Å². The van der Waals surface area contributed by atoms with Gasteiger partial charge >= 0.3 is 0 Å². The van der Waals surface area contributed by atoms with Gasteiger partial charge in [-0.3, -0.25) is 4.79 Å². The first-order valence-electron chi connectivity index (χ1n) is 8.10. The molecule has 0 fully saturated rings. The van der Waals surface area contributed by atoms with Gasteiger partial charge in [-0.2, -0.15) is 0 Å². The van der Waals surface area contributed by atoms with Crippen LogP contribution in [-0.2, 0) is 6.42 Å². The standard InChI is InChI=1S/C18H24FN3OS/c1-11(2)8-15(10-20)22-18(23)17-12(3)21-16(24-17)9-13-4-6-14(19)7-5-13/h4-7,11,15H,8-10,20H2,1-3H3,(H,22,23). The third-order valence-electron chi connectivity index (χ3n) is 3.69. The molecule has 1 atom stereocenters. The molecule has 0 aliphatic carbocycles. The molecule has 1 aromatic heterocycles. The molecular weight excluding hydrogens is 325 g/mol. The minimum absolute atomic E-state index is 0.0282. The number of carbonyl (C=O) groups excluding carboxylic acids is 1. The lowest BCUT2D eigenvalue weighted by Crippen LogP contribution is -2.41. The van der Waals surface area contributed by atoms with Crippen molar-refractivity contribution in [3.8, 4) is 0 Å². The highest BCUT2D eigenvalue weighted by molar-refractivity contribution is 7.13. The van der Waals surface area contributed by atoms with Gasteiger partial charge in [-0.25, -0.2) is 9.37 Å². The summed E-state index contributed by atoms with van der Waals surface area (Å²) in [7, 11) is 0. The smallest absolute Gasteiger partial charge is 0.263 e. The van der Waals surface area contributed by atoms with Crippen LogP contribution in [-0.4, -0.2) is 23.5 Å². The van der Waals surface area contributed by atoms with Crippen molar-refractivity contribution in [3.05, 3.63) is 51.2 Å². The molecular formula is C18H24FN3OS. The second-order valence-corrected chi connectivity index (χ2v) is 7.44. The van der Waals surface area contributed by atoms with Crippen molar-refractivity contribution < 1.29 is 9.18 Å². The van der Waals surface area contributed by atoms with Gasteiger partial charge < -0.3 is 11.1 Å². The molecule has 1 amide bonds. The van der Waals surface area contributed by atoms with Gasteiger partial charge in [0.2, 0.25) is 0 Å². The largest absolute Gasteiger partial charge is 0.347 e. The highest BCUT2D eigenvalue weighted by atomic mass is 32.1. The summed E-state index contributed by atoms with van der Waals surface area (Å²) < 4.78 is 13.0. The quantitative estimate of drug-likeness (QED) is 0.806. The molecule has 24 heavy (non-hydrogen) atoms. The Labute approximate surface area is 146 Å². The van der Waals surface area contributed by atoms with E-state index in [0.29, 0.717) is 23.8 Å². The molecule has 4 nitrogen and oxygen atoms in total. The van der Waals surface area contributed by atoms with Gasteiger partial charge in [-0.05, 0) is 37.0 Å². The molecule has 3 N–H and O–H groups in total. The maximum Gasteiger partial charge on any atom is 0.263 e. The van der Waals surface area contributed by atoms with Crippen LogP contribution >= 0.6 is 11.3 Å². The van der Waals surface area contributed by atoms with Crippen LogP contribution < -0.4 is 11.1 Å². The summed E-state index contributed by atoms with van der Waals surface area (Å²) >= 11 is 1.38. The summed E-state index contributed by atoms with van der Waals surface area (Å²) in [6.45, 7) is 6.46. The van der Waals surface area contributed by atoms with Gasteiger partial charge in [0.15, 0.2) is 0 Å². The maximum atomic E-state index is 13.0. The molecule has 1 aromatic carbocycles. The van der Waals surface area contributed by atoms with E-state index < -0.39 is 0 Å². The average Bonchev–Trinajstić information content (AvgIpc) is 2.89. The van der Waals surface area contributed by atoms with Crippen molar-refractivity contribution >= 4 is 17.2 Å². The number of nitrogens with zero attached hydrogens (tertiary/aromatic N) is 1. The summed E-state index contributed by atoms with van der Waals surface area (Å²) in [4.78, 5) is 17.6. The van der Waals surface area contributed by atoms with Crippen molar-refractivity contribution in [2.75, 3.05) is 6.54 Å². The van der Waals surface area contributed by atoms with E-state index in [0.717, 1.165) is 22.7 Å². The summed E-state index contributed by atoms with van der Waals surface area (Å²) in [5, 5.41) is 3.84. The first-order chi connectivity index (χ1) is 11.4. The highest BCUT2D eigenvalue weighted by Gasteiger charge is 2.19. The lowest BCUT2D eigenvalue weighted by atomic mass is 10.0. The SMILES string of the molecule is Cc1nc(Cc2ccc(F)cc2)sc1C(=O)NC(CN)CC(C)C. The minimum Gasteiger partial charge on any atom is -0.347 e. The number of carbonyl (C=O) groups is 1. The highest BCUT2D eigenvalue weighted by Crippen LogP contribution is 2.21. The number of rotatable bonds is 7. The molecule has 2 aromatic rings. The van der Waals surface area contributed by atoms with E-state index in [1.807, 2.05) is 6.92 Å². The van der Waals surface area contributed by atoms with E-state index in [-0.39, 0.29) is 17.8 Å². The zero-order valence-electron chi connectivity index (χ0n) is 14.3. The Balaban J connectivity index is 2.07. The summed E-state index contributed by atoms with van der Waals surface area (Å²) in [5.41, 5.74) is 7.43. The van der Waals surface area contributed by atoms with Gasteiger partial charge in [0, 0.05) is 19.0 Å². The summed E-state index contributed by atoms with van der Waals surface area (Å²) in [6.07, 6.45) is 1.44. The van der Waals surface area contributed by atoms with Crippen LogP contribution in [0, 0.1) is 18.7 Å². The molecule has 1 heterocycles. The molecule has 0 spiro atoms. The Bertz CT molecular complexity index is 682. The Morgan fingerprint density at radius 1 is 1.33 bits per heavy atom. The van der Waals surface area contributed by atoms with E-state index in [4.69, 9.17) is 5.73 Å². The van der Waals surface area contributed by atoms with Crippen molar-refractivity contribution in [2.24, 2.45) is 11.7 Å². The molecule has 6 heteroatoms. The molecule has 0 radical (unpaired) electrons. The number of halogens is 1. The Hall–Kier alpha value is -1.79. The second-order valence-electron chi connectivity index (χ2n) is 6.36. The Kier molecular flexibility index (Phi) is 6.45. The van der Waals surface area contributed by atoms with Gasteiger partial charge in [-0.1, -0.05) is 26.0 Å². The molecule has 0 bridgehead atoms. The molecule has 0 aliphatic rings. The fraction of sp³-hybridized carbons (Fsp3) is 0.444. The van der Waals surface area contributed by atoms with Crippen LogP contribution in [0.3, 0.4) is 0 Å². The van der Waals surface area contributed by atoms with Crippen molar-refractivity contribution in [1.29, 1.82) is 0 Å². The van der Waals surface area contributed by atoms with Gasteiger partial charge in [0.25, 0.3) is 5.91 Å². The Morgan fingerprint density at radius 2 is 2.00 bits per heavy atom. The third kappa shape index (κ3) is 5.11. The van der Waals surface area contributed by atoms with Crippen LogP contribution in [0.25, 0.3) is 0 Å². The summed E-state index contributed by atoms with van der Waals surface area (Å²) in [5.74, 6) is 0.0917. The van der Waals surface area contributed by atoms with E-state index in [2.05, 4.69) is 24.1 Å². The molecule has 1 unspecified atom stereocenters. The minimum atomic E-state index is -0.257.